The third-order valence-electron chi connectivity index (χ3n) is 3.06. The molecule has 0 spiro atoms. The van der Waals surface area contributed by atoms with Gasteiger partial charge in [0.25, 0.3) is 0 Å². The molecule has 110 valence electrons. The molecule has 0 aliphatic heterocycles. The fourth-order valence-electron chi connectivity index (χ4n) is 2.03. The average Bonchev–Trinajstić information content (AvgIpc) is 2.44. The van der Waals surface area contributed by atoms with Crippen molar-refractivity contribution in [3.8, 4) is 0 Å². The van der Waals surface area contributed by atoms with E-state index >= 15 is 0 Å². The Kier molecular flexibility index (Phi) is 4.80. The molecule has 5 nitrogen and oxygen atoms in total. The molecular formula is C15H19N5S. The van der Waals surface area contributed by atoms with E-state index in [1.54, 1.807) is 6.07 Å². The zero-order chi connectivity index (χ0) is 15.4. The van der Waals surface area contributed by atoms with Crippen LogP contribution in [-0.4, -0.2) is 26.5 Å². The third kappa shape index (κ3) is 3.95. The van der Waals surface area contributed by atoms with Gasteiger partial charge in [0.1, 0.15) is 10.7 Å². The van der Waals surface area contributed by atoms with Crippen molar-refractivity contribution in [3.05, 3.63) is 47.0 Å². The summed E-state index contributed by atoms with van der Waals surface area (Å²) in [4.78, 5) is 15.8. The van der Waals surface area contributed by atoms with E-state index in [-0.39, 0.29) is 4.99 Å². The SMILES string of the molecule is CCN(Cc1cccc(C)n1)c1nc(C)cc(C(N)=S)n1. The molecule has 0 aromatic carbocycles. The molecule has 0 aliphatic carbocycles. The van der Waals surface area contributed by atoms with Crippen molar-refractivity contribution in [1.82, 2.24) is 15.0 Å². The third-order valence-corrected chi connectivity index (χ3v) is 3.27. The van der Waals surface area contributed by atoms with Gasteiger partial charge in [-0.2, -0.15) is 0 Å². The van der Waals surface area contributed by atoms with Gasteiger partial charge in [0.2, 0.25) is 5.95 Å². The summed E-state index contributed by atoms with van der Waals surface area (Å²) in [6, 6.07) is 7.78. The number of pyridine rings is 1. The van der Waals surface area contributed by atoms with E-state index in [1.165, 1.54) is 0 Å². The number of rotatable bonds is 5. The van der Waals surface area contributed by atoms with Gasteiger partial charge >= 0.3 is 0 Å². The summed E-state index contributed by atoms with van der Waals surface area (Å²) in [5.74, 6) is 0.628. The summed E-state index contributed by atoms with van der Waals surface area (Å²) in [5.41, 5.74) is 9.10. The molecule has 2 heterocycles. The first-order valence-electron chi connectivity index (χ1n) is 6.82. The largest absolute Gasteiger partial charge is 0.388 e. The maximum atomic E-state index is 5.68. The predicted octanol–water partition coefficient (Wildman–Crippen LogP) is 2.15. The number of aryl methyl sites for hydroxylation is 2. The van der Waals surface area contributed by atoms with Gasteiger partial charge in [-0.25, -0.2) is 9.97 Å². The molecule has 0 saturated carbocycles. The van der Waals surface area contributed by atoms with Gasteiger partial charge in [0.15, 0.2) is 0 Å². The lowest BCUT2D eigenvalue weighted by Gasteiger charge is -2.21. The van der Waals surface area contributed by atoms with Crippen molar-refractivity contribution in [2.24, 2.45) is 5.73 Å². The van der Waals surface area contributed by atoms with Gasteiger partial charge in [-0.15, -0.1) is 0 Å². The first kappa shape index (κ1) is 15.3. The van der Waals surface area contributed by atoms with Crippen LogP contribution in [0.2, 0.25) is 0 Å². The Hall–Kier alpha value is -2.08. The van der Waals surface area contributed by atoms with Gasteiger partial charge in [-0.1, -0.05) is 18.3 Å². The average molecular weight is 301 g/mol. The number of nitrogens with zero attached hydrogens (tertiary/aromatic N) is 4. The van der Waals surface area contributed by atoms with E-state index in [2.05, 4.69) is 26.8 Å². The van der Waals surface area contributed by atoms with Crippen molar-refractivity contribution in [2.45, 2.75) is 27.3 Å². The Morgan fingerprint density at radius 2 is 1.95 bits per heavy atom. The van der Waals surface area contributed by atoms with E-state index in [0.717, 1.165) is 23.6 Å². The molecule has 6 heteroatoms. The van der Waals surface area contributed by atoms with Crippen molar-refractivity contribution in [2.75, 3.05) is 11.4 Å². The Bertz CT molecular complexity index is 656. The van der Waals surface area contributed by atoms with Crippen LogP contribution in [0.1, 0.15) is 29.7 Å². The fraction of sp³-hybridized carbons (Fsp3) is 0.333. The topological polar surface area (TPSA) is 67.9 Å². The van der Waals surface area contributed by atoms with Gasteiger partial charge in [0, 0.05) is 17.9 Å². The molecule has 0 unspecified atom stereocenters. The molecule has 0 atom stereocenters. The maximum absolute atomic E-state index is 5.68. The number of hydrogen-bond donors (Lipinski definition) is 1. The minimum absolute atomic E-state index is 0.284. The Morgan fingerprint density at radius 1 is 1.19 bits per heavy atom. The first-order chi connectivity index (χ1) is 9.99. The summed E-state index contributed by atoms with van der Waals surface area (Å²) >= 11 is 5.01. The van der Waals surface area contributed by atoms with Crippen LogP contribution in [0.25, 0.3) is 0 Å². The van der Waals surface area contributed by atoms with Crippen LogP contribution >= 0.6 is 12.2 Å². The highest BCUT2D eigenvalue weighted by Crippen LogP contribution is 2.13. The van der Waals surface area contributed by atoms with Crippen LogP contribution in [-0.2, 0) is 6.54 Å². The Balaban J connectivity index is 2.31. The van der Waals surface area contributed by atoms with E-state index in [0.29, 0.717) is 18.2 Å². The predicted molar refractivity (Wildman–Crippen MR) is 88.4 cm³/mol. The molecule has 0 bridgehead atoms. The lowest BCUT2D eigenvalue weighted by molar-refractivity contribution is 0.767. The number of hydrogen-bond acceptors (Lipinski definition) is 5. The number of thiocarbonyl (C=S) groups is 1. The van der Waals surface area contributed by atoms with E-state index in [9.17, 15) is 0 Å². The smallest absolute Gasteiger partial charge is 0.226 e. The maximum Gasteiger partial charge on any atom is 0.226 e. The minimum Gasteiger partial charge on any atom is -0.388 e. The second kappa shape index (κ2) is 6.58. The minimum atomic E-state index is 0.284. The lowest BCUT2D eigenvalue weighted by atomic mass is 10.3. The molecule has 0 aliphatic rings. The Morgan fingerprint density at radius 3 is 2.57 bits per heavy atom. The van der Waals surface area contributed by atoms with Gasteiger partial charge in [-0.05, 0) is 39.0 Å². The normalized spacial score (nSPS) is 10.4. The van der Waals surface area contributed by atoms with Crippen molar-refractivity contribution < 1.29 is 0 Å². The highest BCUT2D eigenvalue weighted by Gasteiger charge is 2.12. The highest BCUT2D eigenvalue weighted by atomic mass is 32.1. The molecule has 0 fully saturated rings. The van der Waals surface area contributed by atoms with Gasteiger partial charge < -0.3 is 10.6 Å². The monoisotopic (exact) mass is 301 g/mol. The summed E-state index contributed by atoms with van der Waals surface area (Å²) in [5, 5.41) is 0. The molecule has 2 aromatic rings. The molecule has 0 amide bonds. The van der Waals surface area contributed by atoms with Gasteiger partial charge in [-0.3, -0.25) is 4.98 Å². The number of aromatic nitrogens is 3. The van der Waals surface area contributed by atoms with Crippen LogP contribution in [0.4, 0.5) is 5.95 Å². The first-order valence-corrected chi connectivity index (χ1v) is 7.23. The summed E-state index contributed by atoms with van der Waals surface area (Å²) in [7, 11) is 0. The molecule has 0 saturated heterocycles. The van der Waals surface area contributed by atoms with Crippen molar-refractivity contribution >= 4 is 23.2 Å². The highest BCUT2D eigenvalue weighted by molar-refractivity contribution is 7.80. The molecule has 2 aromatic heterocycles. The molecular weight excluding hydrogens is 282 g/mol. The number of nitrogens with two attached hydrogens (primary N) is 1. The summed E-state index contributed by atoms with van der Waals surface area (Å²) < 4.78 is 0. The fourth-order valence-corrected chi connectivity index (χ4v) is 2.13. The zero-order valence-electron chi connectivity index (χ0n) is 12.5. The van der Waals surface area contributed by atoms with Crippen molar-refractivity contribution in [1.29, 1.82) is 0 Å². The standard InChI is InChI=1S/C15H19N5S/c1-4-20(9-12-7-5-6-10(2)17-12)15-18-11(3)8-13(19-15)14(16)21/h5-8H,4,9H2,1-3H3,(H2,16,21). The summed E-state index contributed by atoms with van der Waals surface area (Å²) in [6.45, 7) is 7.37. The van der Waals surface area contributed by atoms with Crippen molar-refractivity contribution in [3.63, 3.8) is 0 Å². The van der Waals surface area contributed by atoms with E-state index < -0.39 is 0 Å². The van der Waals surface area contributed by atoms with E-state index in [4.69, 9.17) is 18.0 Å². The van der Waals surface area contributed by atoms with Gasteiger partial charge in [0.05, 0.1) is 12.2 Å². The molecule has 0 radical (unpaired) electrons. The quantitative estimate of drug-likeness (QED) is 0.854. The Labute approximate surface area is 130 Å². The summed E-state index contributed by atoms with van der Waals surface area (Å²) in [6.07, 6.45) is 0. The molecule has 21 heavy (non-hydrogen) atoms. The zero-order valence-corrected chi connectivity index (χ0v) is 13.3. The lowest BCUT2D eigenvalue weighted by Crippen LogP contribution is -2.26. The second-order valence-electron chi connectivity index (χ2n) is 4.84. The van der Waals surface area contributed by atoms with Crippen LogP contribution in [0, 0.1) is 13.8 Å². The molecule has 2 N–H and O–H groups in total. The van der Waals surface area contributed by atoms with E-state index in [1.807, 2.05) is 32.0 Å². The number of anilines is 1. The second-order valence-corrected chi connectivity index (χ2v) is 5.28. The van der Waals surface area contributed by atoms with Crippen LogP contribution in [0.3, 0.4) is 0 Å². The van der Waals surface area contributed by atoms with Crippen LogP contribution in [0.15, 0.2) is 24.3 Å². The van der Waals surface area contributed by atoms with Crippen LogP contribution < -0.4 is 10.6 Å². The molecule has 2 rings (SSSR count). The van der Waals surface area contributed by atoms with Crippen LogP contribution in [0.5, 0.6) is 0 Å².